The van der Waals surface area contributed by atoms with Crippen molar-refractivity contribution in [1.82, 2.24) is 19.5 Å². The Kier molecular flexibility index (Phi) is 3.66. The van der Waals surface area contributed by atoms with Crippen molar-refractivity contribution in [2.45, 2.75) is 27.3 Å². The van der Waals surface area contributed by atoms with E-state index in [0.717, 1.165) is 26.5 Å². The molecule has 0 aromatic carbocycles. The van der Waals surface area contributed by atoms with Gasteiger partial charge in [0.05, 0.1) is 25.4 Å². The van der Waals surface area contributed by atoms with Gasteiger partial charge in [0, 0.05) is 22.3 Å². The fourth-order valence-corrected chi connectivity index (χ4v) is 3.28. The van der Waals surface area contributed by atoms with Crippen LogP contribution in [-0.2, 0) is 6.54 Å². The first kappa shape index (κ1) is 14.6. The number of methoxy groups -OCH3 is 1. The first-order valence-corrected chi connectivity index (χ1v) is 7.64. The van der Waals surface area contributed by atoms with E-state index < -0.39 is 0 Å². The van der Waals surface area contributed by atoms with Crippen molar-refractivity contribution in [3.63, 3.8) is 0 Å². The Hall–Kier alpha value is -2.28. The Labute approximate surface area is 131 Å². The van der Waals surface area contributed by atoms with Crippen molar-refractivity contribution in [3.8, 4) is 6.01 Å². The van der Waals surface area contributed by atoms with Crippen LogP contribution in [0.4, 0.5) is 0 Å². The molecule has 3 aromatic heterocycles. The lowest BCUT2D eigenvalue weighted by molar-refractivity contribution is 0.378. The standard InChI is InChI=1S/C15H16N4O2S/c1-8-10(3)22-13-12(8)14(20)19(7-17-13)6-11-5-16-15(21-4)18-9(11)2/h5,7H,6H2,1-4H3. The number of thiophene rings is 1. The molecule has 0 spiro atoms. The normalized spacial score (nSPS) is 11.1. The highest BCUT2D eigenvalue weighted by Gasteiger charge is 2.13. The second-order valence-corrected chi connectivity index (χ2v) is 6.31. The molecular formula is C15H16N4O2S. The van der Waals surface area contributed by atoms with E-state index in [1.54, 1.807) is 28.4 Å². The molecule has 0 aliphatic rings. The summed E-state index contributed by atoms with van der Waals surface area (Å²) in [5.41, 5.74) is 2.64. The van der Waals surface area contributed by atoms with Gasteiger partial charge in [-0.15, -0.1) is 11.3 Å². The van der Waals surface area contributed by atoms with Crippen LogP contribution in [-0.4, -0.2) is 26.6 Å². The van der Waals surface area contributed by atoms with Crippen molar-refractivity contribution in [2.24, 2.45) is 0 Å². The lowest BCUT2D eigenvalue weighted by Gasteiger charge is -2.08. The third kappa shape index (κ3) is 2.37. The molecule has 0 aliphatic heterocycles. The van der Waals surface area contributed by atoms with Gasteiger partial charge in [0.25, 0.3) is 5.56 Å². The number of hydrogen-bond donors (Lipinski definition) is 0. The molecule has 0 radical (unpaired) electrons. The van der Waals surface area contributed by atoms with Gasteiger partial charge in [0.2, 0.25) is 0 Å². The maximum Gasteiger partial charge on any atom is 0.316 e. The third-order valence-electron chi connectivity index (χ3n) is 3.74. The first-order valence-electron chi connectivity index (χ1n) is 6.83. The second-order valence-electron chi connectivity index (χ2n) is 5.11. The molecule has 0 unspecified atom stereocenters. The smallest absolute Gasteiger partial charge is 0.316 e. The Morgan fingerprint density at radius 2 is 2.05 bits per heavy atom. The van der Waals surface area contributed by atoms with Gasteiger partial charge in [0.1, 0.15) is 4.83 Å². The summed E-state index contributed by atoms with van der Waals surface area (Å²) in [5.74, 6) is 0. The van der Waals surface area contributed by atoms with E-state index in [1.165, 1.54) is 7.11 Å². The van der Waals surface area contributed by atoms with E-state index in [4.69, 9.17) is 4.74 Å². The largest absolute Gasteiger partial charge is 0.467 e. The maximum absolute atomic E-state index is 12.7. The van der Waals surface area contributed by atoms with Crippen LogP contribution in [0.2, 0.25) is 0 Å². The molecule has 0 atom stereocenters. The van der Waals surface area contributed by atoms with Crippen molar-refractivity contribution >= 4 is 21.6 Å². The Balaban J connectivity index is 2.06. The Bertz CT molecular complexity index is 914. The van der Waals surface area contributed by atoms with Crippen LogP contribution >= 0.6 is 11.3 Å². The first-order chi connectivity index (χ1) is 10.5. The molecule has 114 valence electrons. The molecule has 6 nitrogen and oxygen atoms in total. The minimum Gasteiger partial charge on any atom is -0.467 e. The molecule has 0 aliphatic carbocycles. The van der Waals surface area contributed by atoms with Gasteiger partial charge in [-0.2, -0.15) is 0 Å². The minimum absolute atomic E-state index is 0.0259. The van der Waals surface area contributed by atoms with E-state index in [0.29, 0.717) is 17.9 Å². The molecule has 22 heavy (non-hydrogen) atoms. The summed E-state index contributed by atoms with van der Waals surface area (Å²) in [6.45, 7) is 6.23. The van der Waals surface area contributed by atoms with E-state index in [-0.39, 0.29) is 5.56 Å². The average molecular weight is 316 g/mol. The van der Waals surface area contributed by atoms with Crippen LogP contribution in [0.1, 0.15) is 21.7 Å². The molecule has 0 saturated carbocycles. The minimum atomic E-state index is -0.0259. The topological polar surface area (TPSA) is 69.9 Å². The number of fused-ring (bicyclic) bond motifs is 1. The van der Waals surface area contributed by atoms with Gasteiger partial charge in [0.15, 0.2) is 0 Å². The van der Waals surface area contributed by atoms with Crippen LogP contribution in [0.15, 0.2) is 17.3 Å². The molecule has 7 heteroatoms. The molecule has 0 fully saturated rings. The van der Waals surface area contributed by atoms with Gasteiger partial charge in [-0.1, -0.05) is 0 Å². The predicted octanol–water partition coefficient (Wildman–Crippen LogP) is 2.23. The van der Waals surface area contributed by atoms with Crippen molar-refractivity contribution in [1.29, 1.82) is 0 Å². The average Bonchev–Trinajstić information content (AvgIpc) is 2.79. The highest BCUT2D eigenvalue weighted by molar-refractivity contribution is 7.18. The number of rotatable bonds is 3. The van der Waals surface area contributed by atoms with Crippen LogP contribution in [0, 0.1) is 20.8 Å². The lowest BCUT2D eigenvalue weighted by Crippen LogP contribution is -2.21. The quantitative estimate of drug-likeness (QED) is 0.741. The molecular weight excluding hydrogens is 300 g/mol. The zero-order chi connectivity index (χ0) is 15.9. The molecule has 3 rings (SSSR count). The molecule has 0 bridgehead atoms. The highest BCUT2D eigenvalue weighted by atomic mass is 32.1. The summed E-state index contributed by atoms with van der Waals surface area (Å²) >= 11 is 1.55. The summed E-state index contributed by atoms with van der Waals surface area (Å²) in [5, 5.41) is 0.706. The Morgan fingerprint density at radius 3 is 2.73 bits per heavy atom. The number of hydrogen-bond acceptors (Lipinski definition) is 6. The summed E-state index contributed by atoms with van der Waals surface area (Å²) in [6.07, 6.45) is 3.27. The summed E-state index contributed by atoms with van der Waals surface area (Å²) in [7, 11) is 1.53. The van der Waals surface area contributed by atoms with E-state index in [9.17, 15) is 4.79 Å². The van der Waals surface area contributed by atoms with Gasteiger partial charge >= 0.3 is 6.01 Å². The van der Waals surface area contributed by atoms with Gasteiger partial charge < -0.3 is 4.74 Å². The molecule has 0 amide bonds. The highest BCUT2D eigenvalue weighted by Crippen LogP contribution is 2.25. The summed E-state index contributed by atoms with van der Waals surface area (Å²) in [4.78, 5) is 27.3. The van der Waals surface area contributed by atoms with Gasteiger partial charge in [-0.05, 0) is 26.3 Å². The van der Waals surface area contributed by atoms with Crippen molar-refractivity contribution in [3.05, 3.63) is 44.6 Å². The zero-order valence-electron chi connectivity index (χ0n) is 12.9. The van der Waals surface area contributed by atoms with Crippen LogP contribution < -0.4 is 10.3 Å². The molecule has 0 saturated heterocycles. The van der Waals surface area contributed by atoms with Crippen molar-refractivity contribution in [2.75, 3.05) is 7.11 Å². The predicted molar refractivity (Wildman–Crippen MR) is 85.8 cm³/mol. The monoisotopic (exact) mass is 316 g/mol. The fraction of sp³-hybridized carbons (Fsp3) is 0.333. The SMILES string of the molecule is COc1ncc(Cn2cnc3sc(C)c(C)c3c2=O)c(C)n1. The molecule has 0 N–H and O–H groups in total. The van der Waals surface area contributed by atoms with E-state index >= 15 is 0 Å². The lowest BCUT2D eigenvalue weighted by atomic mass is 10.2. The van der Waals surface area contributed by atoms with Gasteiger partial charge in [-0.25, -0.2) is 15.0 Å². The summed E-state index contributed by atoms with van der Waals surface area (Å²) < 4.78 is 6.60. The zero-order valence-corrected chi connectivity index (χ0v) is 13.7. The van der Waals surface area contributed by atoms with E-state index in [2.05, 4.69) is 15.0 Å². The van der Waals surface area contributed by atoms with Gasteiger partial charge in [-0.3, -0.25) is 9.36 Å². The van der Waals surface area contributed by atoms with Crippen molar-refractivity contribution < 1.29 is 4.74 Å². The number of aromatic nitrogens is 4. The fourth-order valence-electron chi connectivity index (χ4n) is 2.29. The number of nitrogens with zero attached hydrogens (tertiary/aromatic N) is 4. The Morgan fingerprint density at radius 1 is 1.27 bits per heavy atom. The third-order valence-corrected chi connectivity index (χ3v) is 4.85. The van der Waals surface area contributed by atoms with Crippen LogP contribution in [0.5, 0.6) is 6.01 Å². The van der Waals surface area contributed by atoms with E-state index in [1.807, 2.05) is 20.8 Å². The molecule has 3 aromatic rings. The van der Waals surface area contributed by atoms with Crippen LogP contribution in [0.3, 0.4) is 0 Å². The van der Waals surface area contributed by atoms with Crippen LogP contribution in [0.25, 0.3) is 10.2 Å². The number of ether oxygens (including phenoxy) is 1. The maximum atomic E-state index is 12.7. The summed E-state index contributed by atoms with van der Waals surface area (Å²) in [6, 6.07) is 0.325. The number of aryl methyl sites for hydroxylation is 3. The molecule has 3 heterocycles. The second kappa shape index (κ2) is 5.49.